The van der Waals surface area contributed by atoms with Gasteiger partial charge in [-0.2, -0.15) is 0 Å². The van der Waals surface area contributed by atoms with Gasteiger partial charge < -0.3 is 15.5 Å². The summed E-state index contributed by atoms with van der Waals surface area (Å²) in [5.41, 5.74) is 1.18. The van der Waals surface area contributed by atoms with Crippen LogP contribution in [-0.4, -0.2) is 22.1 Å². The molecule has 0 heterocycles. The van der Waals surface area contributed by atoms with Crippen molar-refractivity contribution in [3.8, 4) is 5.75 Å². The molecule has 1 aliphatic carbocycles. The molecule has 0 spiro atoms. The predicted octanol–water partition coefficient (Wildman–Crippen LogP) is 2.31. The number of nitrogens with one attached hydrogen (secondary N) is 1. The summed E-state index contributed by atoms with van der Waals surface area (Å²) in [5.74, 6) is -2.47. The van der Waals surface area contributed by atoms with E-state index in [0.717, 1.165) is 0 Å². The number of aryl methyl sites for hydroxylation is 1. The van der Waals surface area contributed by atoms with E-state index in [9.17, 15) is 14.7 Å². The first-order valence-electron chi connectivity index (χ1n) is 6.47. The molecule has 0 saturated carbocycles. The Morgan fingerprint density at radius 3 is 2.45 bits per heavy atom. The zero-order valence-corrected chi connectivity index (χ0v) is 11.2. The van der Waals surface area contributed by atoms with Crippen LogP contribution in [-0.2, 0) is 9.59 Å². The summed E-state index contributed by atoms with van der Waals surface area (Å²) in [5, 5.41) is 21.4. The molecule has 0 radical (unpaired) electrons. The zero-order chi connectivity index (χ0) is 14.7. The number of aromatic hydroxyl groups is 1. The Morgan fingerprint density at radius 2 is 1.85 bits per heavy atom. The minimum atomic E-state index is -0.957. The lowest BCUT2D eigenvalue weighted by molar-refractivity contribution is -0.146. The predicted molar refractivity (Wildman–Crippen MR) is 74.5 cm³/mol. The number of benzene rings is 1. The van der Waals surface area contributed by atoms with E-state index in [4.69, 9.17) is 5.11 Å². The van der Waals surface area contributed by atoms with Gasteiger partial charge in [-0.05, 0) is 31.4 Å². The van der Waals surface area contributed by atoms with E-state index in [-0.39, 0.29) is 11.7 Å². The van der Waals surface area contributed by atoms with Crippen molar-refractivity contribution in [1.82, 2.24) is 0 Å². The van der Waals surface area contributed by atoms with Crippen molar-refractivity contribution >= 4 is 17.6 Å². The van der Waals surface area contributed by atoms with Crippen molar-refractivity contribution in [1.29, 1.82) is 0 Å². The van der Waals surface area contributed by atoms with Crippen molar-refractivity contribution in [2.75, 3.05) is 5.32 Å². The van der Waals surface area contributed by atoms with Gasteiger partial charge in [0.1, 0.15) is 5.75 Å². The normalized spacial score (nSPS) is 21.4. The van der Waals surface area contributed by atoms with Crippen molar-refractivity contribution in [2.24, 2.45) is 11.8 Å². The van der Waals surface area contributed by atoms with E-state index in [1.165, 1.54) is 6.07 Å². The fraction of sp³-hybridized carbons (Fsp3) is 0.333. The van der Waals surface area contributed by atoms with Crippen molar-refractivity contribution in [3.05, 3.63) is 35.9 Å². The van der Waals surface area contributed by atoms with Crippen LogP contribution in [0.25, 0.3) is 0 Å². The number of rotatable bonds is 3. The summed E-state index contributed by atoms with van der Waals surface area (Å²) in [6, 6.07) is 4.84. The number of carboxylic acids is 1. The average Bonchev–Trinajstić information content (AvgIpc) is 2.43. The average molecular weight is 275 g/mol. The maximum atomic E-state index is 12.2. The van der Waals surface area contributed by atoms with Gasteiger partial charge in [-0.25, -0.2) is 0 Å². The second-order valence-corrected chi connectivity index (χ2v) is 4.98. The standard InChI is InChI=1S/C15H17NO4/c1-9-6-7-10(8-13(9)17)16-14(18)11-4-2-3-5-12(11)15(19)20/h2-3,6-8,11-12,17H,4-5H2,1H3,(H,16,18)(H,19,20)/t11-,12+/m1/s1. The van der Waals surface area contributed by atoms with Crippen LogP contribution >= 0.6 is 0 Å². The molecule has 0 unspecified atom stereocenters. The third-order valence-electron chi connectivity index (χ3n) is 3.56. The first-order valence-corrected chi connectivity index (χ1v) is 6.47. The summed E-state index contributed by atoms with van der Waals surface area (Å²) >= 11 is 0. The summed E-state index contributed by atoms with van der Waals surface area (Å²) in [4.78, 5) is 23.4. The molecule has 5 nitrogen and oxygen atoms in total. The highest BCUT2D eigenvalue weighted by Gasteiger charge is 2.33. The number of carbonyl (C=O) groups is 2. The van der Waals surface area contributed by atoms with E-state index in [0.29, 0.717) is 24.1 Å². The minimum Gasteiger partial charge on any atom is -0.508 e. The van der Waals surface area contributed by atoms with Crippen LogP contribution in [0.4, 0.5) is 5.69 Å². The first kappa shape index (κ1) is 14.1. The molecule has 1 aromatic carbocycles. The molecule has 1 aliphatic rings. The molecular formula is C15H17NO4. The van der Waals surface area contributed by atoms with Crippen LogP contribution in [0.15, 0.2) is 30.4 Å². The number of allylic oxidation sites excluding steroid dienone is 2. The highest BCUT2D eigenvalue weighted by Crippen LogP contribution is 2.28. The number of aliphatic carboxylic acids is 1. The molecule has 2 rings (SSSR count). The molecule has 0 fully saturated rings. The lowest BCUT2D eigenvalue weighted by Gasteiger charge is -2.24. The number of amides is 1. The second-order valence-electron chi connectivity index (χ2n) is 4.98. The molecular weight excluding hydrogens is 258 g/mol. The molecule has 2 atom stereocenters. The van der Waals surface area contributed by atoms with Gasteiger partial charge in [0.05, 0.1) is 11.8 Å². The molecule has 0 bridgehead atoms. The second kappa shape index (κ2) is 5.77. The lowest BCUT2D eigenvalue weighted by atomic mass is 9.82. The molecule has 0 aromatic heterocycles. The molecule has 1 aromatic rings. The van der Waals surface area contributed by atoms with Crippen LogP contribution in [0.3, 0.4) is 0 Å². The lowest BCUT2D eigenvalue weighted by Crippen LogP contribution is -2.34. The van der Waals surface area contributed by atoms with Crippen molar-refractivity contribution in [3.63, 3.8) is 0 Å². The van der Waals surface area contributed by atoms with Crippen LogP contribution in [0.1, 0.15) is 18.4 Å². The van der Waals surface area contributed by atoms with Gasteiger partial charge >= 0.3 is 5.97 Å². The number of anilines is 1. The molecule has 20 heavy (non-hydrogen) atoms. The fourth-order valence-corrected chi connectivity index (χ4v) is 2.30. The molecule has 106 valence electrons. The van der Waals surface area contributed by atoms with Gasteiger partial charge in [0.15, 0.2) is 0 Å². The summed E-state index contributed by atoms with van der Waals surface area (Å²) in [6.45, 7) is 1.76. The smallest absolute Gasteiger partial charge is 0.307 e. The maximum absolute atomic E-state index is 12.2. The zero-order valence-electron chi connectivity index (χ0n) is 11.2. The monoisotopic (exact) mass is 275 g/mol. The number of phenolic OH excluding ortho intramolecular Hbond substituents is 1. The Kier molecular flexibility index (Phi) is 4.08. The number of hydrogen-bond acceptors (Lipinski definition) is 3. The Bertz CT molecular complexity index is 565. The van der Waals surface area contributed by atoms with Crippen LogP contribution < -0.4 is 5.32 Å². The van der Waals surface area contributed by atoms with Gasteiger partial charge in [-0.1, -0.05) is 18.2 Å². The van der Waals surface area contributed by atoms with E-state index < -0.39 is 17.8 Å². The fourth-order valence-electron chi connectivity index (χ4n) is 2.30. The van der Waals surface area contributed by atoms with Crippen LogP contribution in [0.5, 0.6) is 5.75 Å². The van der Waals surface area contributed by atoms with Gasteiger partial charge in [0, 0.05) is 11.8 Å². The third-order valence-corrected chi connectivity index (χ3v) is 3.56. The van der Waals surface area contributed by atoms with E-state index in [1.54, 1.807) is 25.1 Å². The molecule has 0 aliphatic heterocycles. The summed E-state index contributed by atoms with van der Waals surface area (Å²) in [7, 11) is 0. The topological polar surface area (TPSA) is 86.6 Å². The minimum absolute atomic E-state index is 0.0983. The summed E-state index contributed by atoms with van der Waals surface area (Å²) < 4.78 is 0. The van der Waals surface area contributed by atoms with Crippen LogP contribution in [0.2, 0.25) is 0 Å². The third kappa shape index (κ3) is 2.99. The molecule has 5 heteroatoms. The maximum Gasteiger partial charge on any atom is 0.307 e. The van der Waals surface area contributed by atoms with Gasteiger partial charge in [0.2, 0.25) is 5.91 Å². The first-order chi connectivity index (χ1) is 9.49. The van der Waals surface area contributed by atoms with Gasteiger partial charge in [-0.15, -0.1) is 0 Å². The number of phenols is 1. The Hall–Kier alpha value is -2.30. The number of hydrogen-bond donors (Lipinski definition) is 3. The molecule has 1 amide bonds. The Labute approximate surface area is 116 Å². The highest BCUT2D eigenvalue weighted by molar-refractivity contribution is 5.95. The quantitative estimate of drug-likeness (QED) is 0.739. The van der Waals surface area contributed by atoms with Crippen LogP contribution in [0, 0.1) is 18.8 Å². The highest BCUT2D eigenvalue weighted by atomic mass is 16.4. The van der Waals surface area contributed by atoms with Gasteiger partial charge in [0.25, 0.3) is 0 Å². The molecule has 3 N–H and O–H groups in total. The number of carboxylic acid groups (broad SMARTS) is 1. The largest absolute Gasteiger partial charge is 0.508 e. The van der Waals surface area contributed by atoms with Crippen molar-refractivity contribution in [2.45, 2.75) is 19.8 Å². The Morgan fingerprint density at radius 1 is 1.20 bits per heavy atom. The van der Waals surface area contributed by atoms with E-state index in [1.807, 2.05) is 6.08 Å². The van der Waals surface area contributed by atoms with E-state index >= 15 is 0 Å². The Balaban J connectivity index is 2.12. The van der Waals surface area contributed by atoms with Gasteiger partial charge in [-0.3, -0.25) is 9.59 Å². The number of carbonyl (C=O) groups excluding carboxylic acids is 1. The van der Waals surface area contributed by atoms with E-state index in [2.05, 4.69) is 5.32 Å². The summed E-state index contributed by atoms with van der Waals surface area (Å²) in [6.07, 6.45) is 4.41. The SMILES string of the molecule is Cc1ccc(NC(=O)[C@@H]2CC=CC[C@@H]2C(=O)O)cc1O. The molecule has 0 saturated heterocycles. The van der Waals surface area contributed by atoms with Crippen molar-refractivity contribution < 1.29 is 19.8 Å².